The van der Waals surface area contributed by atoms with Gasteiger partial charge in [0, 0.05) is 31.7 Å². The van der Waals surface area contributed by atoms with Crippen LogP contribution in [0, 0.1) is 11.6 Å². The molecule has 12 heteroatoms. The minimum atomic E-state index is -2.89. The lowest BCUT2D eigenvalue weighted by Crippen LogP contribution is -2.52. The summed E-state index contributed by atoms with van der Waals surface area (Å²) in [6.45, 7) is 5.44. The van der Waals surface area contributed by atoms with Crippen molar-refractivity contribution in [2.24, 2.45) is 0 Å². The van der Waals surface area contributed by atoms with Gasteiger partial charge in [0.25, 0.3) is 0 Å². The molecule has 1 unspecified atom stereocenters. The second-order valence-electron chi connectivity index (χ2n) is 11.4. The second-order valence-corrected chi connectivity index (χ2v) is 11.4. The number of rotatable bonds is 14. The highest BCUT2D eigenvalue weighted by Gasteiger charge is 2.33. The van der Waals surface area contributed by atoms with E-state index in [4.69, 9.17) is 9.47 Å². The molecular weight excluding hydrogens is 570 g/mol. The van der Waals surface area contributed by atoms with Gasteiger partial charge in [0.1, 0.15) is 23.3 Å². The number of aryl methyl sites for hydroxylation is 1. The zero-order chi connectivity index (χ0) is 31.6. The molecule has 3 N–H and O–H groups in total. The van der Waals surface area contributed by atoms with Gasteiger partial charge in [-0.2, -0.15) is 0 Å². The molecule has 0 aliphatic carbocycles. The van der Waals surface area contributed by atoms with E-state index in [1.807, 2.05) is 30.3 Å². The Morgan fingerprint density at radius 1 is 1.05 bits per heavy atom. The number of carbonyl (C=O) groups is 3. The van der Waals surface area contributed by atoms with Gasteiger partial charge in [-0.3, -0.25) is 9.59 Å². The topological polar surface area (TPSA) is 106 Å². The first-order chi connectivity index (χ1) is 20.3. The lowest BCUT2D eigenvalue weighted by atomic mass is 10.1. The van der Waals surface area contributed by atoms with Crippen molar-refractivity contribution in [1.29, 1.82) is 0 Å². The van der Waals surface area contributed by atoms with E-state index in [2.05, 4.69) is 16.0 Å². The summed E-state index contributed by atoms with van der Waals surface area (Å²) in [5, 5.41) is 7.71. The van der Waals surface area contributed by atoms with Crippen molar-refractivity contribution < 1.29 is 41.4 Å². The highest BCUT2D eigenvalue weighted by Crippen LogP contribution is 2.19. The molecule has 1 heterocycles. The number of ether oxygens (including phenoxy) is 2. The summed E-state index contributed by atoms with van der Waals surface area (Å²) in [5.41, 5.74) is -0.365. The fraction of sp³-hybridized carbons (Fsp3) is 0.516. The molecule has 3 rings (SSSR count). The van der Waals surface area contributed by atoms with E-state index < -0.39 is 65.5 Å². The molecule has 43 heavy (non-hydrogen) atoms. The summed E-state index contributed by atoms with van der Waals surface area (Å²) in [6.07, 6.45) is -2.40. The lowest BCUT2D eigenvalue weighted by molar-refractivity contribution is -0.130. The Kier molecular flexibility index (Phi) is 12.5. The van der Waals surface area contributed by atoms with E-state index in [0.717, 1.165) is 25.0 Å². The van der Waals surface area contributed by atoms with Crippen LogP contribution >= 0.6 is 0 Å². The Bertz CT molecular complexity index is 1220. The molecule has 2 amide bonds. The molecule has 2 aromatic rings. The minimum absolute atomic E-state index is 0.236. The van der Waals surface area contributed by atoms with Crippen molar-refractivity contribution in [2.75, 3.05) is 19.7 Å². The summed E-state index contributed by atoms with van der Waals surface area (Å²) < 4.78 is 66.6. The van der Waals surface area contributed by atoms with Gasteiger partial charge < -0.3 is 25.4 Å². The monoisotopic (exact) mass is 609 g/mol. The molecule has 0 radical (unpaired) electrons. The molecule has 0 bridgehead atoms. The highest BCUT2D eigenvalue weighted by atomic mass is 19.3. The van der Waals surface area contributed by atoms with E-state index in [1.54, 1.807) is 20.8 Å². The Morgan fingerprint density at radius 3 is 2.35 bits per heavy atom. The van der Waals surface area contributed by atoms with E-state index in [0.29, 0.717) is 19.6 Å². The van der Waals surface area contributed by atoms with Gasteiger partial charge in [-0.05, 0) is 64.2 Å². The summed E-state index contributed by atoms with van der Waals surface area (Å²) in [7, 11) is 0. The molecule has 3 atom stereocenters. The second kappa shape index (κ2) is 15.8. The van der Waals surface area contributed by atoms with Crippen LogP contribution in [0.4, 0.5) is 17.6 Å². The highest BCUT2D eigenvalue weighted by molar-refractivity contribution is 5.90. The van der Waals surface area contributed by atoms with Crippen LogP contribution in [0.15, 0.2) is 42.5 Å². The predicted molar refractivity (Wildman–Crippen MR) is 152 cm³/mol. The SMILES string of the molecule is CC(C)(C)OC(=O)c1cc(F)c(CCNC(=O)[C@H](CC(F)F)NC(=O)C2C[C@@H](OCCCc3ccccc3)CN2)c(F)c1. The van der Waals surface area contributed by atoms with Crippen LogP contribution in [0.3, 0.4) is 0 Å². The van der Waals surface area contributed by atoms with E-state index >= 15 is 0 Å². The Morgan fingerprint density at radius 2 is 1.72 bits per heavy atom. The third kappa shape index (κ3) is 11.3. The number of alkyl halides is 2. The standard InChI is InChI=1S/C31H39F4N3O5/c1-31(2,3)43-30(41)20-14-23(32)22(24(33)15-20)11-12-36-28(39)26(17-27(34)35)38-29(40)25-16-21(18-37-25)42-13-7-10-19-8-5-4-6-9-19/h4-6,8-9,14-15,21,25-27,37H,7,10-13,16-18H2,1-3H3,(H,36,39)(H,38,40)/t21-,25?,26+/m1/s1. The molecule has 0 spiro atoms. The minimum Gasteiger partial charge on any atom is -0.456 e. The van der Waals surface area contributed by atoms with Crippen LogP contribution in [-0.2, 0) is 31.9 Å². The number of benzene rings is 2. The van der Waals surface area contributed by atoms with Crippen LogP contribution in [0.5, 0.6) is 0 Å². The fourth-order valence-corrected chi connectivity index (χ4v) is 4.61. The number of esters is 1. The number of halogens is 4. The van der Waals surface area contributed by atoms with Gasteiger partial charge in [-0.25, -0.2) is 22.4 Å². The maximum atomic E-state index is 14.6. The Hall–Kier alpha value is -3.51. The third-order valence-electron chi connectivity index (χ3n) is 6.71. The van der Waals surface area contributed by atoms with Crippen LogP contribution < -0.4 is 16.0 Å². The van der Waals surface area contributed by atoms with Crippen molar-refractivity contribution in [3.8, 4) is 0 Å². The van der Waals surface area contributed by atoms with Crippen LogP contribution in [-0.4, -0.2) is 67.7 Å². The molecule has 0 aromatic heterocycles. The first-order valence-electron chi connectivity index (χ1n) is 14.3. The Balaban J connectivity index is 1.47. The zero-order valence-electron chi connectivity index (χ0n) is 24.6. The molecule has 236 valence electrons. The lowest BCUT2D eigenvalue weighted by Gasteiger charge is -2.21. The normalized spacial score (nSPS) is 17.5. The summed E-state index contributed by atoms with van der Waals surface area (Å²) in [6, 6.07) is 9.35. The number of nitrogens with one attached hydrogen (secondary N) is 3. The van der Waals surface area contributed by atoms with E-state index in [-0.39, 0.29) is 24.6 Å². The molecule has 1 aliphatic heterocycles. The Labute approximate surface area is 248 Å². The largest absolute Gasteiger partial charge is 0.456 e. The van der Waals surface area contributed by atoms with Crippen molar-refractivity contribution in [3.63, 3.8) is 0 Å². The van der Waals surface area contributed by atoms with Crippen molar-refractivity contribution in [3.05, 3.63) is 70.8 Å². The average molecular weight is 610 g/mol. The number of carbonyl (C=O) groups excluding carboxylic acids is 3. The van der Waals surface area contributed by atoms with Gasteiger partial charge >= 0.3 is 5.97 Å². The summed E-state index contributed by atoms with van der Waals surface area (Å²) >= 11 is 0. The predicted octanol–water partition coefficient (Wildman–Crippen LogP) is 4.10. The van der Waals surface area contributed by atoms with Gasteiger partial charge in [0.2, 0.25) is 18.2 Å². The number of hydrogen-bond donors (Lipinski definition) is 3. The zero-order valence-corrected chi connectivity index (χ0v) is 24.6. The van der Waals surface area contributed by atoms with Gasteiger partial charge in [0.15, 0.2) is 0 Å². The molecule has 0 saturated carbocycles. The molecule has 8 nitrogen and oxygen atoms in total. The van der Waals surface area contributed by atoms with Crippen molar-refractivity contribution in [2.45, 2.75) is 83.1 Å². The summed E-state index contributed by atoms with van der Waals surface area (Å²) in [5.74, 6) is -4.46. The van der Waals surface area contributed by atoms with Gasteiger partial charge in [-0.1, -0.05) is 30.3 Å². The van der Waals surface area contributed by atoms with Crippen LogP contribution in [0.2, 0.25) is 0 Å². The molecule has 2 aromatic carbocycles. The van der Waals surface area contributed by atoms with Crippen molar-refractivity contribution >= 4 is 17.8 Å². The first kappa shape index (κ1) is 34.0. The van der Waals surface area contributed by atoms with Gasteiger partial charge in [-0.15, -0.1) is 0 Å². The molecular formula is C31H39F4N3O5. The van der Waals surface area contributed by atoms with Crippen LogP contribution in [0.1, 0.15) is 61.5 Å². The molecule has 1 fully saturated rings. The quantitative estimate of drug-likeness (QED) is 0.169. The number of amides is 2. The third-order valence-corrected chi connectivity index (χ3v) is 6.71. The van der Waals surface area contributed by atoms with E-state index in [9.17, 15) is 31.9 Å². The van der Waals surface area contributed by atoms with Crippen LogP contribution in [0.25, 0.3) is 0 Å². The van der Waals surface area contributed by atoms with Gasteiger partial charge in [0.05, 0.1) is 17.7 Å². The maximum absolute atomic E-state index is 14.6. The molecule has 1 saturated heterocycles. The summed E-state index contributed by atoms with van der Waals surface area (Å²) in [4.78, 5) is 37.6. The average Bonchev–Trinajstić information content (AvgIpc) is 3.40. The molecule has 1 aliphatic rings. The fourth-order valence-electron chi connectivity index (χ4n) is 4.61. The smallest absolute Gasteiger partial charge is 0.338 e. The van der Waals surface area contributed by atoms with E-state index in [1.165, 1.54) is 5.56 Å². The van der Waals surface area contributed by atoms with Crippen molar-refractivity contribution in [1.82, 2.24) is 16.0 Å². The maximum Gasteiger partial charge on any atom is 0.338 e. The first-order valence-corrected chi connectivity index (χ1v) is 14.3. The number of hydrogen-bond acceptors (Lipinski definition) is 6.